The number of hydrogen-bond acceptors (Lipinski definition) is 4. The largest absolute Gasteiger partial charge is 0.465 e. The molecule has 2 rings (SSSR count). The number of anilines is 1. The molecule has 7 heteroatoms. The van der Waals surface area contributed by atoms with Crippen molar-refractivity contribution in [2.45, 2.75) is 34.2 Å². The van der Waals surface area contributed by atoms with E-state index < -0.39 is 5.97 Å². The summed E-state index contributed by atoms with van der Waals surface area (Å²) in [6.07, 6.45) is 0. The molecule has 0 saturated heterocycles. The van der Waals surface area contributed by atoms with Crippen LogP contribution in [-0.4, -0.2) is 41.3 Å². The van der Waals surface area contributed by atoms with Gasteiger partial charge in [-0.3, -0.25) is 9.59 Å². The van der Waals surface area contributed by atoms with Crippen LogP contribution in [-0.2, 0) is 16.1 Å². The van der Waals surface area contributed by atoms with E-state index >= 15 is 0 Å². The van der Waals surface area contributed by atoms with Gasteiger partial charge in [-0.05, 0) is 38.0 Å². The molecule has 0 aliphatic rings. The highest BCUT2D eigenvalue weighted by molar-refractivity contribution is 6.07. The molecule has 0 saturated carbocycles. The van der Waals surface area contributed by atoms with Crippen LogP contribution in [0.15, 0.2) is 24.3 Å². The third-order valence-corrected chi connectivity index (χ3v) is 4.51. The third kappa shape index (κ3) is 4.36. The summed E-state index contributed by atoms with van der Waals surface area (Å²) in [6.45, 7) is 7.82. The van der Waals surface area contributed by atoms with Crippen LogP contribution in [0, 0.1) is 13.8 Å². The summed E-state index contributed by atoms with van der Waals surface area (Å²) in [5.74, 6) is -0.873. The van der Waals surface area contributed by atoms with Gasteiger partial charge in [0.25, 0.3) is 5.91 Å². The average molecular weight is 371 g/mol. The van der Waals surface area contributed by atoms with Crippen molar-refractivity contribution in [1.82, 2.24) is 9.88 Å². The van der Waals surface area contributed by atoms with E-state index in [0.29, 0.717) is 41.3 Å². The minimum absolute atomic E-state index is 0.0304. The highest BCUT2D eigenvalue weighted by atomic mass is 16.5. The van der Waals surface area contributed by atoms with Crippen molar-refractivity contribution in [1.29, 1.82) is 0 Å². The molecule has 0 aliphatic heterocycles. The summed E-state index contributed by atoms with van der Waals surface area (Å²) in [5, 5.41) is 2.87. The zero-order chi connectivity index (χ0) is 20.1. The van der Waals surface area contributed by atoms with E-state index in [9.17, 15) is 14.4 Å². The number of nitrogens with one attached hydrogen (secondary N) is 2. The van der Waals surface area contributed by atoms with E-state index in [0.717, 1.165) is 5.56 Å². The van der Waals surface area contributed by atoms with E-state index in [1.807, 2.05) is 25.1 Å². The molecule has 0 spiro atoms. The van der Waals surface area contributed by atoms with Crippen molar-refractivity contribution in [3.8, 4) is 0 Å². The molecule has 1 aromatic carbocycles. The molecule has 1 aromatic heterocycles. The Hall–Kier alpha value is -3.09. The molecular formula is C20H25N3O4. The van der Waals surface area contributed by atoms with Crippen LogP contribution in [0.2, 0.25) is 0 Å². The molecule has 0 atom stereocenters. The number of amides is 2. The van der Waals surface area contributed by atoms with Crippen molar-refractivity contribution in [2.75, 3.05) is 19.0 Å². The van der Waals surface area contributed by atoms with E-state index in [2.05, 4.69) is 10.3 Å². The Morgan fingerprint density at radius 2 is 1.85 bits per heavy atom. The fourth-order valence-electron chi connectivity index (χ4n) is 3.00. The molecule has 0 fully saturated rings. The van der Waals surface area contributed by atoms with Gasteiger partial charge in [0.1, 0.15) is 5.69 Å². The topological polar surface area (TPSA) is 91.5 Å². The Labute approximate surface area is 158 Å². The first-order valence-electron chi connectivity index (χ1n) is 8.72. The molecule has 144 valence electrons. The highest BCUT2D eigenvalue weighted by Gasteiger charge is 2.23. The Bertz CT molecular complexity index is 870. The SMILES string of the molecule is CCN(Cc1ccccc1NC(=O)c1[nH]c(C)c(C(=O)OC)c1C)C(C)=O. The fourth-order valence-corrected chi connectivity index (χ4v) is 3.00. The molecule has 27 heavy (non-hydrogen) atoms. The number of aromatic nitrogens is 1. The molecule has 2 amide bonds. The van der Waals surface area contributed by atoms with Crippen LogP contribution >= 0.6 is 0 Å². The van der Waals surface area contributed by atoms with Crippen molar-refractivity contribution in [2.24, 2.45) is 0 Å². The molecule has 2 aromatic rings. The van der Waals surface area contributed by atoms with Gasteiger partial charge >= 0.3 is 5.97 Å². The predicted molar refractivity (Wildman–Crippen MR) is 103 cm³/mol. The van der Waals surface area contributed by atoms with Gasteiger partial charge in [0, 0.05) is 31.4 Å². The lowest BCUT2D eigenvalue weighted by Crippen LogP contribution is -2.28. The average Bonchev–Trinajstić information content (AvgIpc) is 2.94. The lowest BCUT2D eigenvalue weighted by Gasteiger charge is -2.21. The van der Waals surface area contributed by atoms with Gasteiger partial charge in [0.05, 0.1) is 12.7 Å². The summed E-state index contributed by atoms with van der Waals surface area (Å²) in [6, 6.07) is 7.33. The maximum Gasteiger partial charge on any atom is 0.339 e. The highest BCUT2D eigenvalue weighted by Crippen LogP contribution is 2.22. The van der Waals surface area contributed by atoms with Gasteiger partial charge in [-0.2, -0.15) is 0 Å². The lowest BCUT2D eigenvalue weighted by atomic mass is 10.1. The molecule has 7 nitrogen and oxygen atoms in total. The number of para-hydroxylation sites is 1. The smallest absolute Gasteiger partial charge is 0.339 e. The summed E-state index contributed by atoms with van der Waals surface area (Å²) in [5.41, 5.74) is 3.23. The number of esters is 1. The second-order valence-electron chi connectivity index (χ2n) is 6.26. The minimum atomic E-state index is -0.485. The normalized spacial score (nSPS) is 10.4. The van der Waals surface area contributed by atoms with E-state index in [4.69, 9.17) is 4.74 Å². The number of ether oxygens (including phenoxy) is 1. The number of benzene rings is 1. The van der Waals surface area contributed by atoms with Crippen LogP contribution in [0.25, 0.3) is 0 Å². The molecule has 0 aliphatic carbocycles. The van der Waals surface area contributed by atoms with E-state index in [1.54, 1.807) is 24.8 Å². The van der Waals surface area contributed by atoms with Crippen LogP contribution in [0.4, 0.5) is 5.69 Å². The van der Waals surface area contributed by atoms with E-state index in [1.165, 1.54) is 14.0 Å². The number of rotatable bonds is 6. The van der Waals surface area contributed by atoms with Crippen molar-refractivity contribution >= 4 is 23.5 Å². The van der Waals surface area contributed by atoms with Gasteiger partial charge in [-0.25, -0.2) is 4.79 Å². The predicted octanol–water partition coefficient (Wildman–Crippen LogP) is 3.04. The first-order chi connectivity index (χ1) is 12.8. The van der Waals surface area contributed by atoms with Crippen LogP contribution < -0.4 is 5.32 Å². The van der Waals surface area contributed by atoms with Crippen molar-refractivity contribution < 1.29 is 19.1 Å². The maximum atomic E-state index is 12.8. The third-order valence-electron chi connectivity index (χ3n) is 4.51. The Morgan fingerprint density at radius 3 is 2.44 bits per heavy atom. The summed E-state index contributed by atoms with van der Waals surface area (Å²) < 4.78 is 4.78. The quantitative estimate of drug-likeness (QED) is 0.764. The number of H-pyrrole nitrogens is 1. The molecule has 1 heterocycles. The number of carbonyl (C=O) groups excluding carboxylic acids is 3. The molecular weight excluding hydrogens is 346 g/mol. The number of hydrogen-bond donors (Lipinski definition) is 2. The second-order valence-corrected chi connectivity index (χ2v) is 6.26. The number of nitrogens with zero attached hydrogens (tertiary/aromatic N) is 1. The van der Waals surface area contributed by atoms with Crippen LogP contribution in [0.3, 0.4) is 0 Å². The standard InChI is InChI=1S/C20H25N3O4/c1-6-23(14(4)24)11-15-9-7-8-10-16(15)22-19(25)18-12(2)17(13(3)21-18)20(26)27-5/h7-10,21H,6,11H2,1-5H3,(H,22,25). The first kappa shape index (κ1) is 20.2. The lowest BCUT2D eigenvalue weighted by molar-refractivity contribution is -0.129. The molecule has 0 bridgehead atoms. The summed E-state index contributed by atoms with van der Waals surface area (Å²) in [4.78, 5) is 41.0. The maximum absolute atomic E-state index is 12.8. The Kier molecular flexibility index (Phi) is 6.39. The molecule has 0 radical (unpaired) electrons. The summed E-state index contributed by atoms with van der Waals surface area (Å²) in [7, 11) is 1.30. The number of methoxy groups -OCH3 is 1. The van der Waals surface area contributed by atoms with Gasteiger partial charge in [-0.15, -0.1) is 0 Å². The van der Waals surface area contributed by atoms with Gasteiger partial charge < -0.3 is 19.9 Å². The Morgan fingerprint density at radius 1 is 1.19 bits per heavy atom. The number of aryl methyl sites for hydroxylation is 1. The zero-order valence-electron chi connectivity index (χ0n) is 16.3. The van der Waals surface area contributed by atoms with Crippen LogP contribution in [0.1, 0.15) is 51.5 Å². The van der Waals surface area contributed by atoms with Crippen molar-refractivity contribution in [3.63, 3.8) is 0 Å². The van der Waals surface area contributed by atoms with Gasteiger partial charge in [-0.1, -0.05) is 18.2 Å². The van der Waals surface area contributed by atoms with Crippen molar-refractivity contribution in [3.05, 3.63) is 52.3 Å². The monoisotopic (exact) mass is 371 g/mol. The number of carbonyl (C=O) groups is 3. The first-order valence-corrected chi connectivity index (χ1v) is 8.72. The second kappa shape index (κ2) is 8.53. The summed E-state index contributed by atoms with van der Waals surface area (Å²) >= 11 is 0. The molecule has 0 unspecified atom stereocenters. The zero-order valence-corrected chi connectivity index (χ0v) is 16.3. The van der Waals surface area contributed by atoms with Crippen LogP contribution in [0.5, 0.6) is 0 Å². The fraction of sp³-hybridized carbons (Fsp3) is 0.350. The number of aromatic amines is 1. The van der Waals surface area contributed by atoms with Gasteiger partial charge in [0.2, 0.25) is 5.91 Å². The molecule has 2 N–H and O–H groups in total. The minimum Gasteiger partial charge on any atom is -0.465 e. The van der Waals surface area contributed by atoms with Gasteiger partial charge in [0.15, 0.2) is 0 Å². The Balaban J connectivity index is 2.30. The van der Waals surface area contributed by atoms with E-state index in [-0.39, 0.29) is 11.8 Å².